The van der Waals surface area contributed by atoms with Crippen molar-refractivity contribution >= 4 is 39.1 Å². The SMILES string of the molecule is C[C@@H]1NC(=O)COC[C@@H]2CC[C@H]2CN2C[C@@]3(CCCc4cc(Cl)ccc43)COc3ccc(cc32)S(=O)(=O)NC1=O. The molecule has 2 aromatic carbocycles. The number of rotatable bonds is 0. The quantitative estimate of drug-likeness (QED) is 0.487. The normalized spacial score (nSPS) is 30.1. The lowest BCUT2D eigenvalue weighted by atomic mass is 9.69. The highest BCUT2D eigenvalue weighted by atomic mass is 35.5. The summed E-state index contributed by atoms with van der Waals surface area (Å²) in [4.78, 5) is 27.2. The number of carbonyl (C=O) groups excluding carboxylic acids is 2. The third-order valence-electron chi connectivity index (χ3n) is 8.92. The van der Waals surface area contributed by atoms with E-state index < -0.39 is 27.9 Å². The Balaban J connectivity index is 1.41. The number of ether oxygens (including phenoxy) is 2. The van der Waals surface area contributed by atoms with E-state index >= 15 is 0 Å². The number of benzene rings is 2. The Morgan fingerprint density at radius 3 is 2.73 bits per heavy atom. The number of hydrogen-bond acceptors (Lipinski definition) is 7. The van der Waals surface area contributed by atoms with Gasteiger partial charge in [0.25, 0.3) is 15.9 Å². The van der Waals surface area contributed by atoms with Crippen LogP contribution in [0.2, 0.25) is 5.02 Å². The molecule has 2 amide bonds. The van der Waals surface area contributed by atoms with Gasteiger partial charge in [-0.05, 0) is 92.3 Å². The van der Waals surface area contributed by atoms with Gasteiger partial charge in [0.05, 0.1) is 23.8 Å². The predicted octanol–water partition coefficient (Wildman–Crippen LogP) is 3.18. The number of nitrogens with one attached hydrogen (secondary N) is 2. The van der Waals surface area contributed by atoms with Gasteiger partial charge in [-0.15, -0.1) is 0 Å². The minimum absolute atomic E-state index is 0.0286. The monoisotopic (exact) mass is 587 g/mol. The van der Waals surface area contributed by atoms with Gasteiger partial charge in [-0.1, -0.05) is 17.7 Å². The summed E-state index contributed by atoms with van der Waals surface area (Å²) in [6, 6.07) is 9.81. The molecule has 2 aliphatic heterocycles. The Labute approximate surface area is 239 Å². The maximum atomic E-state index is 13.3. The van der Waals surface area contributed by atoms with Gasteiger partial charge in [0.1, 0.15) is 18.4 Å². The van der Waals surface area contributed by atoms with Crippen molar-refractivity contribution in [1.82, 2.24) is 10.0 Å². The molecule has 40 heavy (non-hydrogen) atoms. The smallest absolute Gasteiger partial charge is 0.264 e. The van der Waals surface area contributed by atoms with E-state index in [-0.39, 0.29) is 22.8 Å². The second-order valence-corrected chi connectivity index (χ2v) is 13.7. The van der Waals surface area contributed by atoms with Crippen LogP contribution in [0.5, 0.6) is 5.75 Å². The molecular formula is C29H34ClN3O6S. The van der Waals surface area contributed by atoms with Gasteiger partial charge in [0, 0.05) is 23.5 Å². The lowest BCUT2D eigenvalue weighted by molar-refractivity contribution is -0.131. The largest absolute Gasteiger partial charge is 0.490 e. The third-order valence-corrected chi connectivity index (χ3v) is 10.5. The molecule has 2 aliphatic carbocycles. The molecule has 6 rings (SSSR count). The van der Waals surface area contributed by atoms with Crippen LogP contribution in [-0.2, 0) is 36.2 Å². The van der Waals surface area contributed by atoms with Crippen molar-refractivity contribution in [1.29, 1.82) is 0 Å². The van der Waals surface area contributed by atoms with E-state index in [1.807, 2.05) is 12.1 Å². The van der Waals surface area contributed by atoms with E-state index in [1.54, 1.807) is 12.1 Å². The number of carbonyl (C=O) groups is 2. The maximum Gasteiger partial charge on any atom is 0.264 e. The highest BCUT2D eigenvalue weighted by molar-refractivity contribution is 7.90. The Hall–Kier alpha value is -2.82. The van der Waals surface area contributed by atoms with Gasteiger partial charge in [-0.3, -0.25) is 9.59 Å². The van der Waals surface area contributed by atoms with E-state index in [9.17, 15) is 18.0 Å². The molecule has 9 nitrogen and oxygen atoms in total. The molecule has 214 valence electrons. The molecule has 0 radical (unpaired) electrons. The zero-order chi connectivity index (χ0) is 28.1. The standard InChI is InChI=1S/C29H34ClN3O6S/c1-18-28(35)32-40(36,37)23-7-9-26-25(12-23)33(13-20-4-5-21(20)14-38-15-27(34)31-18)16-29(17-39-26)10-2-3-19-11-22(30)6-8-24(19)29/h6-9,11-12,18,20-21H,2-5,10,13-17H2,1H3,(H,31,34)(H,32,35)/t18-,20-,21-,29-/m0/s1. The number of nitrogens with zero attached hydrogens (tertiary/aromatic N) is 1. The molecule has 4 aliphatic rings. The molecular weight excluding hydrogens is 554 g/mol. The Morgan fingerprint density at radius 1 is 1.10 bits per heavy atom. The summed E-state index contributed by atoms with van der Waals surface area (Å²) in [6.07, 6.45) is 4.94. The predicted molar refractivity (Wildman–Crippen MR) is 150 cm³/mol. The number of halogens is 1. The molecule has 2 aromatic rings. The van der Waals surface area contributed by atoms with Crippen molar-refractivity contribution in [2.24, 2.45) is 11.8 Å². The number of aryl methyl sites for hydroxylation is 1. The van der Waals surface area contributed by atoms with Crippen molar-refractivity contribution in [3.63, 3.8) is 0 Å². The van der Waals surface area contributed by atoms with Crippen LogP contribution in [0.1, 0.15) is 43.7 Å². The molecule has 1 saturated carbocycles. The fraction of sp³-hybridized carbons (Fsp3) is 0.517. The van der Waals surface area contributed by atoms with E-state index in [4.69, 9.17) is 21.1 Å². The molecule has 11 heteroatoms. The average Bonchev–Trinajstić information content (AvgIpc) is 3.05. The van der Waals surface area contributed by atoms with Gasteiger partial charge >= 0.3 is 0 Å². The molecule has 4 atom stereocenters. The first kappa shape index (κ1) is 27.4. The van der Waals surface area contributed by atoms with Crippen LogP contribution in [0.25, 0.3) is 0 Å². The minimum Gasteiger partial charge on any atom is -0.490 e. The maximum absolute atomic E-state index is 13.3. The van der Waals surface area contributed by atoms with Crippen molar-refractivity contribution in [2.45, 2.75) is 55.4 Å². The first-order valence-corrected chi connectivity index (χ1v) is 15.7. The fourth-order valence-electron chi connectivity index (χ4n) is 6.57. The zero-order valence-corrected chi connectivity index (χ0v) is 24.0. The summed E-state index contributed by atoms with van der Waals surface area (Å²) in [5, 5.41) is 3.23. The highest BCUT2D eigenvalue weighted by Gasteiger charge is 2.43. The highest BCUT2D eigenvalue weighted by Crippen LogP contribution is 2.46. The van der Waals surface area contributed by atoms with Crippen LogP contribution in [0.15, 0.2) is 41.3 Å². The van der Waals surface area contributed by atoms with Gasteiger partial charge < -0.3 is 19.7 Å². The number of anilines is 1. The van der Waals surface area contributed by atoms with Crippen LogP contribution in [0.3, 0.4) is 0 Å². The van der Waals surface area contributed by atoms with Crippen molar-refractivity contribution in [3.05, 3.63) is 52.5 Å². The second-order valence-electron chi connectivity index (χ2n) is 11.6. The summed E-state index contributed by atoms with van der Waals surface area (Å²) >= 11 is 6.35. The Morgan fingerprint density at radius 2 is 1.93 bits per heavy atom. The first-order valence-electron chi connectivity index (χ1n) is 13.9. The van der Waals surface area contributed by atoms with Gasteiger partial charge in [-0.2, -0.15) is 0 Å². The lowest BCUT2D eigenvalue weighted by Crippen LogP contribution is -2.49. The number of amides is 2. The van der Waals surface area contributed by atoms with Crippen molar-refractivity contribution < 1.29 is 27.5 Å². The van der Waals surface area contributed by atoms with Gasteiger partial charge in [-0.25, -0.2) is 13.1 Å². The minimum atomic E-state index is -4.20. The van der Waals surface area contributed by atoms with Crippen molar-refractivity contribution in [3.8, 4) is 5.75 Å². The first-order chi connectivity index (χ1) is 19.1. The number of hydrogen-bond donors (Lipinski definition) is 2. The molecule has 0 aromatic heterocycles. The summed E-state index contributed by atoms with van der Waals surface area (Å²) in [5.41, 5.74) is 2.88. The van der Waals surface area contributed by atoms with Gasteiger partial charge in [0.15, 0.2) is 0 Å². The summed E-state index contributed by atoms with van der Waals surface area (Å²) in [7, 11) is -4.20. The molecule has 1 fully saturated rings. The number of fused-ring (bicyclic) bond motifs is 4. The lowest BCUT2D eigenvalue weighted by Gasteiger charge is -2.44. The van der Waals surface area contributed by atoms with Gasteiger partial charge in [0.2, 0.25) is 5.91 Å². The fourth-order valence-corrected chi connectivity index (χ4v) is 7.84. The van der Waals surface area contributed by atoms with Crippen LogP contribution >= 0.6 is 11.6 Å². The average molecular weight is 588 g/mol. The molecule has 2 heterocycles. The van der Waals surface area contributed by atoms with Crippen LogP contribution in [0.4, 0.5) is 5.69 Å². The topological polar surface area (TPSA) is 114 Å². The van der Waals surface area contributed by atoms with Crippen LogP contribution < -0.4 is 19.7 Å². The molecule has 2 bridgehead atoms. The molecule has 0 saturated heterocycles. The third kappa shape index (κ3) is 5.17. The molecule has 0 unspecified atom stereocenters. The van der Waals surface area contributed by atoms with E-state index in [0.717, 1.165) is 37.1 Å². The second kappa shape index (κ2) is 10.5. The zero-order valence-electron chi connectivity index (χ0n) is 22.5. The Bertz CT molecular complexity index is 1450. The Kier molecular flexibility index (Phi) is 7.21. The van der Waals surface area contributed by atoms with Crippen molar-refractivity contribution in [2.75, 3.05) is 37.8 Å². The summed E-state index contributed by atoms with van der Waals surface area (Å²) in [5.74, 6) is -0.0473. The summed E-state index contributed by atoms with van der Waals surface area (Å²) < 4.78 is 40.9. The van der Waals surface area contributed by atoms with E-state index in [1.165, 1.54) is 24.1 Å². The van der Waals surface area contributed by atoms with Crippen LogP contribution in [-0.4, -0.2) is 59.2 Å². The molecule has 1 spiro atoms. The van der Waals surface area contributed by atoms with E-state index in [0.29, 0.717) is 43.7 Å². The summed E-state index contributed by atoms with van der Waals surface area (Å²) in [6.45, 7) is 3.54. The number of sulfonamides is 1. The van der Waals surface area contributed by atoms with E-state index in [2.05, 4.69) is 21.0 Å². The van der Waals surface area contributed by atoms with Crippen LogP contribution in [0, 0.1) is 11.8 Å². The molecule has 2 N–H and O–H groups in total.